The van der Waals surface area contributed by atoms with E-state index in [1.165, 1.54) is 0 Å². The number of rotatable bonds is 8. The summed E-state index contributed by atoms with van der Waals surface area (Å²) < 4.78 is 5.56. The van der Waals surface area contributed by atoms with Crippen LogP contribution in [0, 0.1) is 16.7 Å². The van der Waals surface area contributed by atoms with Gasteiger partial charge in [-0.2, -0.15) is 0 Å². The molecule has 0 unspecified atom stereocenters. The molecule has 0 saturated heterocycles. The van der Waals surface area contributed by atoms with Crippen molar-refractivity contribution in [2.24, 2.45) is 16.7 Å². The van der Waals surface area contributed by atoms with Crippen LogP contribution in [0.5, 0.6) is 0 Å². The lowest BCUT2D eigenvalue weighted by molar-refractivity contribution is -0.129. The van der Waals surface area contributed by atoms with Gasteiger partial charge in [-0.1, -0.05) is 60.6 Å². The standard InChI is InChI=1S/C17H33NO2/c1-14(2)12-18-15(19)17(6,7)10-8-9-11-20-13-16(3,4)5/h8-9,14H,10-13H2,1-7H3,(H,18,19)/b9-8+. The zero-order valence-corrected chi connectivity index (χ0v) is 14.4. The Labute approximate surface area is 125 Å². The van der Waals surface area contributed by atoms with E-state index in [2.05, 4.69) is 39.9 Å². The van der Waals surface area contributed by atoms with Gasteiger partial charge in [0.1, 0.15) is 0 Å². The lowest BCUT2D eigenvalue weighted by Gasteiger charge is -2.22. The summed E-state index contributed by atoms with van der Waals surface area (Å²) in [6, 6.07) is 0. The molecule has 0 spiro atoms. The van der Waals surface area contributed by atoms with Gasteiger partial charge in [-0.3, -0.25) is 4.79 Å². The fraction of sp³-hybridized carbons (Fsp3) is 0.824. The molecule has 0 aromatic carbocycles. The predicted molar refractivity (Wildman–Crippen MR) is 85.7 cm³/mol. The first-order valence-corrected chi connectivity index (χ1v) is 7.55. The van der Waals surface area contributed by atoms with Gasteiger partial charge in [-0.15, -0.1) is 0 Å². The Hall–Kier alpha value is -0.830. The molecule has 3 heteroatoms. The van der Waals surface area contributed by atoms with Crippen LogP contribution in [-0.2, 0) is 9.53 Å². The number of hydrogen-bond donors (Lipinski definition) is 1. The summed E-state index contributed by atoms with van der Waals surface area (Å²) in [6.07, 6.45) is 4.77. The molecule has 0 aromatic heterocycles. The molecule has 118 valence electrons. The van der Waals surface area contributed by atoms with E-state index in [4.69, 9.17) is 4.74 Å². The third kappa shape index (κ3) is 10.0. The van der Waals surface area contributed by atoms with Crippen molar-refractivity contribution in [2.75, 3.05) is 19.8 Å². The van der Waals surface area contributed by atoms with Gasteiger partial charge in [0.05, 0.1) is 13.2 Å². The molecular weight excluding hydrogens is 250 g/mol. The second kappa shape index (κ2) is 8.46. The van der Waals surface area contributed by atoms with Crippen molar-refractivity contribution >= 4 is 5.91 Å². The van der Waals surface area contributed by atoms with Crippen LogP contribution in [0.25, 0.3) is 0 Å². The maximum absolute atomic E-state index is 12.0. The molecule has 1 amide bonds. The normalized spacial score (nSPS) is 13.2. The molecule has 0 radical (unpaired) electrons. The van der Waals surface area contributed by atoms with E-state index < -0.39 is 0 Å². The van der Waals surface area contributed by atoms with Crippen LogP contribution < -0.4 is 5.32 Å². The first-order chi connectivity index (χ1) is 9.04. The molecule has 0 bridgehead atoms. The van der Waals surface area contributed by atoms with Gasteiger partial charge in [-0.25, -0.2) is 0 Å². The van der Waals surface area contributed by atoms with Crippen molar-refractivity contribution in [3.8, 4) is 0 Å². The SMILES string of the molecule is CC(C)CNC(=O)C(C)(C)C/C=C/COCC(C)(C)C. The summed E-state index contributed by atoms with van der Waals surface area (Å²) in [5.74, 6) is 0.600. The van der Waals surface area contributed by atoms with Crippen LogP contribution in [-0.4, -0.2) is 25.7 Å². The van der Waals surface area contributed by atoms with Gasteiger partial charge in [-0.05, 0) is 17.8 Å². The minimum Gasteiger partial charge on any atom is -0.377 e. The summed E-state index contributed by atoms with van der Waals surface area (Å²) in [5.41, 5.74) is -0.167. The summed E-state index contributed by atoms with van der Waals surface area (Å²) in [7, 11) is 0. The smallest absolute Gasteiger partial charge is 0.225 e. The average molecular weight is 283 g/mol. The molecule has 0 heterocycles. The number of carbonyl (C=O) groups is 1. The molecule has 0 aliphatic heterocycles. The maximum Gasteiger partial charge on any atom is 0.225 e. The van der Waals surface area contributed by atoms with Gasteiger partial charge >= 0.3 is 0 Å². The van der Waals surface area contributed by atoms with Crippen molar-refractivity contribution in [1.29, 1.82) is 0 Å². The molecule has 1 N–H and O–H groups in total. The van der Waals surface area contributed by atoms with Crippen LogP contribution >= 0.6 is 0 Å². The molecule has 0 aliphatic rings. The molecule has 0 atom stereocenters. The Bertz CT molecular complexity index is 311. The molecule has 0 aliphatic carbocycles. The Kier molecular flexibility index (Phi) is 8.10. The van der Waals surface area contributed by atoms with E-state index in [9.17, 15) is 4.79 Å². The van der Waals surface area contributed by atoms with Crippen molar-refractivity contribution in [3.05, 3.63) is 12.2 Å². The van der Waals surface area contributed by atoms with Gasteiger partial charge in [0.2, 0.25) is 5.91 Å². The molecule has 0 rings (SSSR count). The zero-order chi connectivity index (χ0) is 15.8. The third-order valence-corrected chi connectivity index (χ3v) is 2.83. The van der Waals surface area contributed by atoms with Gasteiger partial charge in [0.25, 0.3) is 0 Å². The van der Waals surface area contributed by atoms with E-state index in [0.717, 1.165) is 19.6 Å². The Morgan fingerprint density at radius 3 is 2.25 bits per heavy atom. The van der Waals surface area contributed by atoms with Crippen LogP contribution in [0.3, 0.4) is 0 Å². The Morgan fingerprint density at radius 2 is 1.75 bits per heavy atom. The number of carbonyl (C=O) groups excluding carboxylic acids is 1. The van der Waals surface area contributed by atoms with Crippen LogP contribution in [0.2, 0.25) is 0 Å². The van der Waals surface area contributed by atoms with E-state index >= 15 is 0 Å². The number of hydrogen-bond acceptors (Lipinski definition) is 2. The highest BCUT2D eigenvalue weighted by Crippen LogP contribution is 2.21. The third-order valence-electron chi connectivity index (χ3n) is 2.83. The van der Waals surface area contributed by atoms with Gasteiger partial charge in [0, 0.05) is 12.0 Å². The fourth-order valence-corrected chi connectivity index (χ4v) is 1.51. The number of nitrogens with one attached hydrogen (secondary N) is 1. The molecule has 0 saturated carbocycles. The average Bonchev–Trinajstić information content (AvgIpc) is 2.28. The number of amides is 1. The monoisotopic (exact) mass is 283 g/mol. The van der Waals surface area contributed by atoms with Gasteiger partial charge < -0.3 is 10.1 Å². The van der Waals surface area contributed by atoms with E-state index in [1.54, 1.807) is 0 Å². The van der Waals surface area contributed by atoms with E-state index in [0.29, 0.717) is 12.5 Å². The second-order valence-corrected chi connectivity index (χ2v) is 7.74. The second-order valence-electron chi connectivity index (χ2n) is 7.74. The highest BCUT2D eigenvalue weighted by atomic mass is 16.5. The van der Waals surface area contributed by atoms with E-state index in [1.807, 2.05) is 26.0 Å². The van der Waals surface area contributed by atoms with Crippen LogP contribution in [0.4, 0.5) is 0 Å². The first kappa shape index (κ1) is 19.2. The molecular formula is C17H33NO2. The molecule has 0 aromatic rings. The van der Waals surface area contributed by atoms with Crippen molar-refractivity contribution in [1.82, 2.24) is 5.32 Å². The van der Waals surface area contributed by atoms with Crippen molar-refractivity contribution < 1.29 is 9.53 Å². The lowest BCUT2D eigenvalue weighted by Crippen LogP contribution is -2.38. The Morgan fingerprint density at radius 1 is 1.15 bits per heavy atom. The largest absolute Gasteiger partial charge is 0.377 e. The van der Waals surface area contributed by atoms with E-state index in [-0.39, 0.29) is 16.7 Å². The topological polar surface area (TPSA) is 38.3 Å². The van der Waals surface area contributed by atoms with Crippen LogP contribution in [0.1, 0.15) is 54.9 Å². The maximum atomic E-state index is 12.0. The van der Waals surface area contributed by atoms with Crippen molar-refractivity contribution in [3.63, 3.8) is 0 Å². The Balaban J connectivity index is 3.99. The summed E-state index contributed by atoms with van der Waals surface area (Å²) in [4.78, 5) is 12.0. The van der Waals surface area contributed by atoms with Gasteiger partial charge in [0.15, 0.2) is 0 Å². The minimum atomic E-state index is -0.366. The minimum absolute atomic E-state index is 0.117. The summed E-state index contributed by atoms with van der Waals surface area (Å²) in [5, 5.41) is 2.99. The molecule has 0 fully saturated rings. The summed E-state index contributed by atoms with van der Waals surface area (Å²) >= 11 is 0. The first-order valence-electron chi connectivity index (χ1n) is 7.55. The molecule has 20 heavy (non-hydrogen) atoms. The zero-order valence-electron chi connectivity index (χ0n) is 14.4. The summed E-state index contributed by atoms with van der Waals surface area (Å²) in [6.45, 7) is 16.7. The highest BCUT2D eigenvalue weighted by Gasteiger charge is 2.25. The lowest BCUT2D eigenvalue weighted by atomic mass is 9.88. The predicted octanol–water partition coefficient (Wildman–Crippen LogP) is 3.79. The number of allylic oxidation sites excluding steroid dienone is 1. The highest BCUT2D eigenvalue weighted by molar-refractivity contribution is 5.81. The quantitative estimate of drug-likeness (QED) is 0.543. The van der Waals surface area contributed by atoms with Crippen LogP contribution in [0.15, 0.2) is 12.2 Å². The van der Waals surface area contributed by atoms with Crippen molar-refractivity contribution in [2.45, 2.75) is 54.9 Å². The fourth-order valence-electron chi connectivity index (χ4n) is 1.51. The molecule has 3 nitrogen and oxygen atoms in total. The number of ether oxygens (including phenoxy) is 1.